The number of nitrogens with zero attached hydrogens (tertiary/aromatic N) is 2. The first-order chi connectivity index (χ1) is 13.6. The number of carbonyl (C=O) groups is 1. The van der Waals surface area contributed by atoms with Crippen LogP contribution in [0.5, 0.6) is 0 Å². The third-order valence-electron chi connectivity index (χ3n) is 4.82. The van der Waals surface area contributed by atoms with Crippen molar-refractivity contribution in [1.29, 1.82) is 0 Å². The zero-order chi connectivity index (χ0) is 19.5. The fraction of sp³-hybridized carbons (Fsp3) is 0.273. The topological polar surface area (TPSA) is 42.4 Å². The van der Waals surface area contributed by atoms with E-state index in [2.05, 4.69) is 47.1 Å². The van der Waals surface area contributed by atoms with E-state index in [4.69, 9.17) is 9.72 Å². The fourth-order valence-corrected chi connectivity index (χ4v) is 4.34. The second-order valence-electron chi connectivity index (χ2n) is 6.94. The Balaban J connectivity index is 1.64. The van der Waals surface area contributed by atoms with Crippen LogP contribution in [0.2, 0.25) is 0 Å². The molecule has 0 bridgehead atoms. The quantitative estimate of drug-likeness (QED) is 0.493. The summed E-state index contributed by atoms with van der Waals surface area (Å²) < 4.78 is 6.74. The Morgan fingerprint density at radius 1 is 1.21 bits per heavy atom. The van der Waals surface area contributed by atoms with Gasteiger partial charge in [-0.3, -0.25) is 9.69 Å². The summed E-state index contributed by atoms with van der Waals surface area (Å²) in [5.41, 5.74) is 3.81. The Bertz CT molecular complexity index is 947. The minimum atomic E-state index is -0.0483. The highest BCUT2D eigenvalue weighted by Gasteiger charge is 2.26. The summed E-state index contributed by atoms with van der Waals surface area (Å²) in [6.07, 6.45) is 2.07. The number of benzene rings is 2. The fourth-order valence-electron chi connectivity index (χ4n) is 3.23. The van der Waals surface area contributed by atoms with Crippen molar-refractivity contribution in [1.82, 2.24) is 4.98 Å². The Hall–Kier alpha value is -2.02. The van der Waals surface area contributed by atoms with Gasteiger partial charge in [-0.2, -0.15) is 0 Å². The minimum Gasteiger partial charge on any atom is -0.376 e. The maximum atomic E-state index is 13.3. The molecule has 6 heteroatoms. The number of carbonyl (C=O) groups excluding carboxylic acids is 1. The molecule has 4 nitrogen and oxygen atoms in total. The highest BCUT2D eigenvalue weighted by molar-refractivity contribution is 9.10. The Labute approximate surface area is 177 Å². The zero-order valence-electron chi connectivity index (χ0n) is 15.6. The molecular weight excluding hydrogens is 436 g/mol. The van der Waals surface area contributed by atoms with E-state index < -0.39 is 0 Å². The van der Waals surface area contributed by atoms with Gasteiger partial charge in [-0.05, 0) is 44.0 Å². The molecule has 1 unspecified atom stereocenters. The number of ether oxygens (including phenoxy) is 1. The smallest absolute Gasteiger partial charge is 0.260 e. The molecule has 28 heavy (non-hydrogen) atoms. The van der Waals surface area contributed by atoms with E-state index in [1.807, 2.05) is 29.6 Å². The van der Waals surface area contributed by atoms with Gasteiger partial charge in [0.25, 0.3) is 5.91 Å². The maximum Gasteiger partial charge on any atom is 0.260 e. The number of aryl methyl sites for hydroxylation is 1. The Morgan fingerprint density at radius 3 is 2.64 bits per heavy atom. The molecule has 144 valence electrons. The van der Waals surface area contributed by atoms with E-state index in [0.29, 0.717) is 17.2 Å². The van der Waals surface area contributed by atoms with Crippen LogP contribution in [0.1, 0.15) is 28.8 Å². The summed E-state index contributed by atoms with van der Waals surface area (Å²) in [4.78, 5) is 19.8. The van der Waals surface area contributed by atoms with Gasteiger partial charge in [-0.25, -0.2) is 4.98 Å². The van der Waals surface area contributed by atoms with E-state index in [9.17, 15) is 4.79 Å². The minimum absolute atomic E-state index is 0.0483. The summed E-state index contributed by atoms with van der Waals surface area (Å²) in [5.74, 6) is -0.0483. The van der Waals surface area contributed by atoms with Crippen molar-refractivity contribution in [3.05, 3.63) is 69.5 Å². The monoisotopic (exact) mass is 456 g/mol. The van der Waals surface area contributed by atoms with Gasteiger partial charge in [0.15, 0.2) is 5.13 Å². The summed E-state index contributed by atoms with van der Waals surface area (Å²) in [6, 6.07) is 15.7. The molecule has 2 aromatic carbocycles. The molecule has 0 spiro atoms. The van der Waals surface area contributed by atoms with Gasteiger partial charge in [-0.1, -0.05) is 45.8 Å². The van der Waals surface area contributed by atoms with Crippen LogP contribution < -0.4 is 4.90 Å². The zero-order valence-corrected chi connectivity index (χ0v) is 18.0. The number of hydrogen-bond donors (Lipinski definition) is 0. The van der Waals surface area contributed by atoms with E-state index in [0.717, 1.165) is 35.2 Å². The molecule has 0 N–H and O–H groups in total. The predicted octanol–water partition coefficient (Wildman–Crippen LogP) is 5.71. The first-order valence-corrected chi connectivity index (χ1v) is 11.0. The number of aromatic nitrogens is 1. The maximum absolute atomic E-state index is 13.3. The van der Waals surface area contributed by atoms with Crippen LogP contribution in [-0.4, -0.2) is 30.1 Å². The van der Waals surface area contributed by atoms with Crippen LogP contribution in [0.4, 0.5) is 5.13 Å². The number of thiazole rings is 1. The van der Waals surface area contributed by atoms with Crippen LogP contribution in [0, 0.1) is 6.92 Å². The van der Waals surface area contributed by atoms with Crippen molar-refractivity contribution in [2.45, 2.75) is 25.9 Å². The highest BCUT2D eigenvalue weighted by Crippen LogP contribution is 2.30. The van der Waals surface area contributed by atoms with Crippen LogP contribution in [0.15, 0.2) is 58.4 Å². The van der Waals surface area contributed by atoms with Gasteiger partial charge in [0.1, 0.15) is 0 Å². The van der Waals surface area contributed by atoms with Crippen molar-refractivity contribution >= 4 is 38.3 Å². The summed E-state index contributed by atoms with van der Waals surface area (Å²) >= 11 is 4.92. The van der Waals surface area contributed by atoms with Crippen molar-refractivity contribution in [2.75, 3.05) is 18.1 Å². The van der Waals surface area contributed by atoms with Crippen molar-refractivity contribution < 1.29 is 9.53 Å². The summed E-state index contributed by atoms with van der Waals surface area (Å²) in [5, 5.41) is 2.72. The lowest BCUT2D eigenvalue weighted by Gasteiger charge is -2.23. The molecular formula is C22H21BrN2O2S. The molecule has 1 aliphatic heterocycles. The Kier molecular flexibility index (Phi) is 5.90. The predicted molar refractivity (Wildman–Crippen MR) is 117 cm³/mol. The van der Waals surface area contributed by atoms with Crippen LogP contribution in [-0.2, 0) is 4.74 Å². The molecule has 1 aromatic heterocycles. The second kappa shape index (κ2) is 8.55. The van der Waals surface area contributed by atoms with Crippen LogP contribution in [0.25, 0.3) is 11.3 Å². The number of anilines is 1. The van der Waals surface area contributed by atoms with Crippen molar-refractivity contribution in [3.63, 3.8) is 0 Å². The standard InChI is InChI=1S/C22H21BrN2O2S/c1-15-4-6-16(7-5-15)20-14-28-22(24-20)25(13-19-3-2-12-27-19)21(26)17-8-10-18(23)11-9-17/h4-11,14,19H,2-3,12-13H2,1H3. The molecule has 1 aliphatic rings. The van der Waals surface area contributed by atoms with Gasteiger partial charge in [-0.15, -0.1) is 11.3 Å². The first-order valence-electron chi connectivity index (χ1n) is 9.32. The van der Waals surface area contributed by atoms with E-state index in [-0.39, 0.29) is 12.0 Å². The van der Waals surface area contributed by atoms with Crippen LogP contribution in [0.3, 0.4) is 0 Å². The largest absolute Gasteiger partial charge is 0.376 e. The molecule has 0 saturated carbocycles. The molecule has 1 fully saturated rings. The normalized spacial score (nSPS) is 16.3. The number of halogens is 1. The number of hydrogen-bond acceptors (Lipinski definition) is 4. The van der Waals surface area contributed by atoms with Gasteiger partial charge in [0, 0.05) is 27.6 Å². The van der Waals surface area contributed by atoms with Gasteiger partial charge in [0.05, 0.1) is 18.3 Å². The van der Waals surface area contributed by atoms with E-state index in [1.54, 1.807) is 4.90 Å². The molecule has 1 atom stereocenters. The molecule has 1 amide bonds. The third-order valence-corrected chi connectivity index (χ3v) is 6.21. The SMILES string of the molecule is Cc1ccc(-c2csc(N(CC3CCCO3)C(=O)c3ccc(Br)cc3)n2)cc1. The lowest BCUT2D eigenvalue weighted by Crippen LogP contribution is -2.37. The Morgan fingerprint density at radius 2 is 1.96 bits per heavy atom. The summed E-state index contributed by atoms with van der Waals surface area (Å²) in [6.45, 7) is 3.35. The second-order valence-corrected chi connectivity index (χ2v) is 8.69. The van der Waals surface area contributed by atoms with Crippen LogP contribution >= 0.6 is 27.3 Å². The van der Waals surface area contributed by atoms with Crippen molar-refractivity contribution in [2.24, 2.45) is 0 Å². The van der Waals surface area contributed by atoms with Gasteiger partial charge >= 0.3 is 0 Å². The average Bonchev–Trinajstić information content (AvgIpc) is 3.39. The average molecular weight is 457 g/mol. The number of rotatable bonds is 5. The third kappa shape index (κ3) is 4.35. The van der Waals surface area contributed by atoms with E-state index >= 15 is 0 Å². The van der Waals surface area contributed by atoms with Gasteiger partial charge in [0.2, 0.25) is 0 Å². The van der Waals surface area contributed by atoms with Crippen molar-refractivity contribution in [3.8, 4) is 11.3 Å². The molecule has 4 rings (SSSR count). The van der Waals surface area contributed by atoms with Gasteiger partial charge < -0.3 is 4.74 Å². The summed E-state index contributed by atoms with van der Waals surface area (Å²) in [7, 11) is 0. The number of amides is 1. The lowest BCUT2D eigenvalue weighted by atomic mass is 10.1. The van der Waals surface area contributed by atoms with E-state index in [1.165, 1.54) is 16.9 Å². The molecule has 0 aliphatic carbocycles. The molecule has 1 saturated heterocycles. The lowest BCUT2D eigenvalue weighted by molar-refractivity contribution is 0.0917. The molecule has 3 aromatic rings. The molecule has 2 heterocycles. The first kappa shape index (κ1) is 19.3. The molecule has 0 radical (unpaired) electrons. The highest BCUT2D eigenvalue weighted by atomic mass is 79.9.